The Morgan fingerprint density at radius 1 is 1.44 bits per heavy atom. The maximum atomic E-state index is 12.0. The van der Waals surface area contributed by atoms with Crippen LogP contribution in [0.3, 0.4) is 0 Å². The number of anilines is 1. The SMILES string of the molecule is COc1csc(C(=O)Nc2cccc(O)c2C)c1. The number of amides is 1. The zero-order chi connectivity index (χ0) is 13.1. The van der Waals surface area contributed by atoms with Gasteiger partial charge in [0.1, 0.15) is 11.5 Å². The minimum Gasteiger partial charge on any atom is -0.508 e. The molecule has 4 nitrogen and oxygen atoms in total. The lowest BCUT2D eigenvalue weighted by Gasteiger charge is -2.08. The molecule has 2 N–H and O–H groups in total. The van der Waals surface area contributed by atoms with Crippen molar-refractivity contribution >= 4 is 22.9 Å². The van der Waals surface area contributed by atoms with Crippen molar-refractivity contribution in [1.82, 2.24) is 0 Å². The third-order valence-electron chi connectivity index (χ3n) is 2.59. The average molecular weight is 263 g/mol. The highest BCUT2D eigenvalue weighted by Gasteiger charge is 2.11. The van der Waals surface area contributed by atoms with Crippen molar-refractivity contribution in [3.63, 3.8) is 0 Å². The van der Waals surface area contributed by atoms with Crippen molar-refractivity contribution in [2.75, 3.05) is 12.4 Å². The molecule has 0 aliphatic rings. The van der Waals surface area contributed by atoms with Gasteiger partial charge in [-0.1, -0.05) is 6.07 Å². The fourth-order valence-electron chi connectivity index (χ4n) is 1.49. The fraction of sp³-hybridized carbons (Fsp3) is 0.154. The predicted molar refractivity (Wildman–Crippen MR) is 71.7 cm³/mol. The topological polar surface area (TPSA) is 58.6 Å². The van der Waals surface area contributed by atoms with E-state index >= 15 is 0 Å². The summed E-state index contributed by atoms with van der Waals surface area (Å²) in [6.45, 7) is 1.75. The molecule has 0 unspecified atom stereocenters. The first kappa shape index (κ1) is 12.4. The second kappa shape index (κ2) is 5.10. The van der Waals surface area contributed by atoms with Gasteiger partial charge in [0.2, 0.25) is 0 Å². The standard InChI is InChI=1S/C13H13NO3S/c1-8-10(4-3-5-11(8)15)14-13(16)12-6-9(17-2)7-18-12/h3-7,15H,1-2H3,(H,14,16). The van der Waals surface area contributed by atoms with Crippen molar-refractivity contribution in [3.05, 3.63) is 40.1 Å². The molecule has 0 bridgehead atoms. The third-order valence-corrected chi connectivity index (χ3v) is 3.50. The number of benzene rings is 1. The van der Waals surface area contributed by atoms with Crippen LogP contribution in [-0.2, 0) is 0 Å². The number of methoxy groups -OCH3 is 1. The van der Waals surface area contributed by atoms with Crippen LogP contribution < -0.4 is 10.1 Å². The summed E-state index contributed by atoms with van der Waals surface area (Å²) in [7, 11) is 1.56. The van der Waals surface area contributed by atoms with Gasteiger partial charge in [0.25, 0.3) is 5.91 Å². The maximum Gasteiger partial charge on any atom is 0.265 e. The lowest BCUT2D eigenvalue weighted by Crippen LogP contribution is -2.11. The zero-order valence-electron chi connectivity index (χ0n) is 10.1. The Balaban J connectivity index is 2.18. The van der Waals surface area contributed by atoms with Gasteiger partial charge in [-0.05, 0) is 19.1 Å². The van der Waals surface area contributed by atoms with Crippen molar-refractivity contribution in [1.29, 1.82) is 0 Å². The van der Waals surface area contributed by atoms with Crippen LogP contribution in [0.15, 0.2) is 29.6 Å². The Hall–Kier alpha value is -2.01. The summed E-state index contributed by atoms with van der Waals surface area (Å²) in [5, 5.41) is 14.1. The smallest absolute Gasteiger partial charge is 0.265 e. The van der Waals surface area contributed by atoms with Crippen LogP contribution >= 0.6 is 11.3 Å². The van der Waals surface area contributed by atoms with Gasteiger partial charge >= 0.3 is 0 Å². The van der Waals surface area contributed by atoms with Gasteiger partial charge in [0.05, 0.1) is 12.0 Å². The van der Waals surface area contributed by atoms with Crippen molar-refractivity contribution in [2.45, 2.75) is 6.92 Å². The van der Waals surface area contributed by atoms with Crippen LogP contribution in [-0.4, -0.2) is 18.1 Å². The summed E-state index contributed by atoms with van der Waals surface area (Å²) in [5.74, 6) is 0.617. The number of rotatable bonds is 3. The molecular weight excluding hydrogens is 250 g/mol. The number of phenols is 1. The monoisotopic (exact) mass is 263 g/mol. The van der Waals surface area contributed by atoms with Gasteiger partial charge in [0.15, 0.2) is 0 Å². The van der Waals surface area contributed by atoms with E-state index in [4.69, 9.17) is 4.74 Å². The van der Waals surface area contributed by atoms with Crippen LogP contribution in [0.4, 0.5) is 5.69 Å². The summed E-state index contributed by atoms with van der Waals surface area (Å²) in [4.78, 5) is 12.5. The Bertz CT molecular complexity index is 577. The number of carbonyl (C=O) groups is 1. The molecule has 2 aromatic rings. The average Bonchev–Trinajstić information content (AvgIpc) is 2.83. The molecule has 0 aliphatic carbocycles. The molecule has 0 atom stereocenters. The molecule has 0 fully saturated rings. The number of aromatic hydroxyl groups is 1. The van der Waals surface area contributed by atoms with Crippen LogP contribution in [0.25, 0.3) is 0 Å². The largest absolute Gasteiger partial charge is 0.508 e. The Kier molecular flexibility index (Phi) is 3.53. The van der Waals surface area contributed by atoms with E-state index < -0.39 is 0 Å². The molecular formula is C13H13NO3S. The number of ether oxygens (including phenoxy) is 1. The first-order valence-electron chi connectivity index (χ1n) is 5.34. The van der Waals surface area contributed by atoms with Crippen molar-refractivity contribution in [2.24, 2.45) is 0 Å². The molecule has 0 spiro atoms. The molecule has 0 saturated heterocycles. The highest BCUT2D eigenvalue weighted by Crippen LogP contribution is 2.26. The summed E-state index contributed by atoms with van der Waals surface area (Å²) < 4.78 is 5.03. The predicted octanol–water partition coefficient (Wildman–Crippen LogP) is 3.02. The molecule has 1 aromatic carbocycles. The number of hydrogen-bond donors (Lipinski definition) is 2. The normalized spacial score (nSPS) is 10.1. The Labute approximate surface area is 109 Å². The van der Waals surface area contributed by atoms with E-state index in [9.17, 15) is 9.90 Å². The fourth-order valence-corrected chi connectivity index (χ4v) is 2.24. The maximum absolute atomic E-state index is 12.0. The molecule has 2 rings (SSSR count). The number of nitrogens with one attached hydrogen (secondary N) is 1. The molecule has 0 saturated carbocycles. The molecule has 0 radical (unpaired) electrons. The van der Waals surface area contributed by atoms with Gasteiger partial charge in [0, 0.05) is 22.7 Å². The molecule has 0 aliphatic heterocycles. The van der Waals surface area contributed by atoms with Crippen LogP contribution in [0.2, 0.25) is 0 Å². The summed E-state index contributed by atoms with van der Waals surface area (Å²) in [5.41, 5.74) is 1.25. The quantitative estimate of drug-likeness (QED) is 0.895. The number of thiophene rings is 1. The third kappa shape index (κ3) is 2.46. The lowest BCUT2D eigenvalue weighted by molar-refractivity contribution is 0.103. The van der Waals surface area contributed by atoms with E-state index in [1.54, 1.807) is 43.7 Å². The van der Waals surface area contributed by atoms with Gasteiger partial charge < -0.3 is 15.2 Å². The van der Waals surface area contributed by atoms with Crippen molar-refractivity contribution < 1.29 is 14.6 Å². The van der Waals surface area contributed by atoms with E-state index in [1.165, 1.54) is 11.3 Å². The second-order valence-corrected chi connectivity index (χ2v) is 4.67. The zero-order valence-corrected chi connectivity index (χ0v) is 10.9. The van der Waals surface area contributed by atoms with E-state index in [2.05, 4.69) is 5.32 Å². The van der Waals surface area contributed by atoms with E-state index in [0.717, 1.165) is 0 Å². The number of carbonyl (C=O) groups excluding carboxylic acids is 1. The Morgan fingerprint density at radius 3 is 2.89 bits per heavy atom. The molecule has 1 amide bonds. The first-order chi connectivity index (χ1) is 8.61. The Morgan fingerprint density at radius 2 is 2.22 bits per heavy atom. The highest BCUT2D eigenvalue weighted by atomic mass is 32.1. The minimum atomic E-state index is -0.211. The van der Waals surface area contributed by atoms with Gasteiger partial charge in [-0.15, -0.1) is 11.3 Å². The van der Waals surface area contributed by atoms with Crippen LogP contribution in [0.1, 0.15) is 15.2 Å². The first-order valence-corrected chi connectivity index (χ1v) is 6.22. The summed E-state index contributed by atoms with van der Waals surface area (Å²) in [6.07, 6.45) is 0. The molecule has 18 heavy (non-hydrogen) atoms. The highest BCUT2D eigenvalue weighted by molar-refractivity contribution is 7.12. The summed E-state index contributed by atoms with van der Waals surface area (Å²) in [6, 6.07) is 6.70. The summed E-state index contributed by atoms with van der Waals surface area (Å²) >= 11 is 1.31. The molecule has 5 heteroatoms. The second-order valence-electron chi connectivity index (χ2n) is 3.75. The number of hydrogen-bond acceptors (Lipinski definition) is 4. The van der Waals surface area contributed by atoms with Crippen LogP contribution in [0, 0.1) is 6.92 Å². The van der Waals surface area contributed by atoms with Crippen molar-refractivity contribution in [3.8, 4) is 11.5 Å². The van der Waals surface area contributed by atoms with Gasteiger partial charge in [-0.25, -0.2) is 0 Å². The molecule has 1 aromatic heterocycles. The molecule has 1 heterocycles. The van der Waals surface area contributed by atoms with E-state index in [1.807, 2.05) is 0 Å². The molecule has 94 valence electrons. The van der Waals surface area contributed by atoms with Crippen LogP contribution in [0.5, 0.6) is 11.5 Å². The van der Waals surface area contributed by atoms with E-state index in [0.29, 0.717) is 21.9 Å². The lowest BCUT2D eigenvalue weighted by atomic mass is 10.2. The van der Waals surface area contributed by atoms with E-state index in [-0.39, 0.29) is 11.7 Å². The van der Waals surface area contributed by atoms with Gasteiger partial charge in [-0.2, -0.15) is 0 Å². The number of phenolic OH excluding ortho intramolecular Hbond substituents is 1. The minimum absolute atomic E-state index is 0.163. The van der Waals surface area contributed by atoms with Gasteiger partial charge in [-0.3, -0.25) is 4.79 Å².